The van der Waals surface area contributed by atoms with Gasteiger partial charge < -0.3 is 10.4 Å². The van der Waals surface area contributed by atoms with Crippen LogP contribution in [0.5, 0.6) is 0 Å². The van der Waals surface area contributed by atoms with E-state index in [0.717, 1.165) is 10.8 Å². The number of hydrogen-bond acceptors (Lipinski definition) is 4. The molecule has 19 heavy (non-hydrogen) atoms. The molecule has 0 bridgehead atoms. The summed E-state index contributed by atoms with van der Waals surface area (Å²) in [6.07, 6.45) is 2.35. The van der Waals surface area contributed by atoms with E-state index in [-0.39, 0.29) is 6.42 Å². The Bertz CT molecular complexity index is 647. The minimum absolute atomic E-state index is 0.135. The van der Waals surface area contributed by atoms with E-state index in [1.165, 1.54) is 0 Å². The lowest BCUT2D eigenvalue weighted by molar-refractivity contribution is -0.137. The Morgan fingerprint density at radius 3 is 3.00 bits per heavy atom. The van der Waals surface area contributed by atoms with Crippen LogP contribution in [0, 0.1) is 11.3 Å². The SMILES string of the molecule is N#Cc1ccc2c(NCCCC(=O)O)nccc2c1. The number of pyridine rings is 1. The number of nitrogens with one attached hydrogen (secondary N) is 1. The number of nitriles is 1. The summed E-state index contributed by atoms with van der Waals surface area (Å²) in [5.41, 5.74) is 0.607. The third-order valence-corrected chi connectivity index (χ3v) is 2.75. The van der Waals surface area contributed by atoms with Gasteiger partial charge in [0.25, 0.3) is 0 Å². The van der Waals surface area contributed by atoms with Gasteiger partial charge in [-0.05, 0) is 36.1 Å². The van der Waals surface area contributed by atoms with E-state index >= 15 is 0 Å². The minimum atomic E-state index is -0.800. The van der Waals surface area contributed by atoms with Crippen molar-refractivity contribution in [1.29, 1.82) is 5.26 Å². The molecule has 1 heterocycles. The molecule has 0 spiro atoms. The first-order valence-corrected chi connectivity index (χ1v) is 5.95. The molecular weight excluding hydrogens is 242 g/mol. The van der Waals surface area contributed by atoms with Crippen molar-refractivity contribution in [3.63, 3.8) is 0 Å². The van der Waals surface area contributed by atoms with Gasteiger partial charge in [0.1, 0.15) is 5.82 Å². The fourth-order valence-electron chi connectivity index (χ4n) is 1.83. The van der Waals surface area contributed by atoms with Crippen LogP contribution in [0.3, 0.4) is 0 Å². The normalized spacial score (nSPS) is 10.1. The number of fused-ring (bicyclic) bond motifs is 1. The van der Waals surface area contributed by atoms with Gasteiger partial charge in [-0.2, -0.15) is 5.26 Å². The van der Waals surface area contributed by atoms with Crippen molar-refractivity contribution in [3.8, 4) is 6.07 Å². The topological polar surface area (TPSA) is 86.0 Å². The van der Waals surface area contributed by atoms with E-state index < -0.39 is 5.97 Å². The van der Waals surface area contributed by atoms with Gasteiger partial charge in [-0.1, -0.05) is 0 Å². The zero-order valence-corrected chi connectivity index (χ0v) is 10.3. The number of rotatable bonds is 5. The monoisotopic (exact) mass is 255 g/mol. The summed E-state index contributed by atoms with van der Waals surface area (Å²) >= 11 is 0. The van der Waals surface area contributed by atoms with Crippen molar-refractivity contribution in [3.05, 3.63) is 36.0 Å². The van der Waals surface area contributed by atoms with Crippen molar-refractivity contribution < 1.29 is 9.90 Å². The number of benzene rings is 1. The predicted octanol–water partition coefficient (Wildman–Crippen LogP) is 2.38. The van der Waals surface area contributed by atoms with E-state index in [1.54, 1.807) is 18.3 Å². The number of hydrogen-bond donors (Lipinski definition) is 2. The molecule has 0 aliphatic rings. The number of nitrogens with zero attached hydrogens (tertiary/aromatic N) is 2. The van der Waals surface area contributed by atoms with Gasteiger partial charge >= 0.3 is 5.97 Å². The Hall–Kier alpha value is -2.61. The molecule has 0 atom stereocenters. The molecule has 2 rings (SSSR count). The second-order valence-electron chi connectivity index (χ2n) is 4.13. The highest BCUT2D eigenvalue weighted by atomic mass is 16.4. The summed E-state index contributed by atoms with van der Waals surface area (Å²) in [6, 6.07) is 9.34. The second kappa shape index (κ2) is 5.83. The smallest absolute Gasteiger partial charge is 0.303 e. The van der Waals surface area contributed by atoms with Crippen LogP contribution in [0.2, 0.25) is 0 Å². The maximum Gasteiger partial charge on any atom is 0.303 e. The standard InChI is InChI=1S/C14H13N3O2/c15-9-10-3-4-12-11(8-10)5-7-17-14(12)16-6-1-2-13(18)19/h3-5,7-8H,1-2,6H2,(H,16,17)(H,18,19). The maximum atomic E-state index is 10.4. The van der Waals surface area contributed by atoms with Gasteiger partial charge in [-0.15, -0.1) is 0 Å². The molecule has 2 N–H and O–H groups in total. The number of anilines is 1. The summed E-state index contributed by atoms with van der Waals surface area (Å²) < 4.78 is 0. The molecule has 1 aromatic carbocycles. The fraction of sp³-hybridized carbons (Fsp3) is 0.214. The molecule has 5 heteroatoms. The molecule has 2 aromatic rings. The summed E-state index contributed by atoms with van der Waals surface area (Å²) in [7, 11) is 0. The van der Waals surface area contributed by atoms with Crippen LogP contribution < -0.4 is 5.32 Å². The highest BCUT2D eigenvalue weighted by Gasteiger charge is 2.03. The average molecular weight is 255 g/mol. The highest BCUT2D eigenvalue weighted by Crippen LogP contribution is 2.21. The molecule has 0 aliphatic heterocycles. The van der Waals surface area contributed by atoms with E-state index in [0.29, 0.717) is 24.3 Å². The molecule has 0 fully saturated rings. The fourth-order valence-corrected chi connectivity index (χ4v) is 1.83. The molecular formula is C14H13N3O2. The molecule has 0 radical (unpaired) electrons. The highest BCUT2D eigenvalue weighted by molar-refractivity contribution is 5.92. The predicted molar refractivity (Wildman–Crippen MR) is 71.8 cm³/mol. The van der Waals surface area contributed by atoms with Crippen molar-refractivity contribution in [2.75, 3.05) is 11.9 Å². The van der Waals surface area contributed by atoms with Gasteiger partial charge in [0.2, 0.25) is 0 Å². The van der Waals surface area contributed by atoms with Crippen LogP contribution in [-0.2, 0) is 4.79 Å². The first-order valence-electron chi connectivity index (χ1n) is 5.95. The zero-order chi connectivity index (χ0) is 13.7. The zero-order valence-electron chi connectivity index (χ0n) is 10.3. The number of aromatic nitrogens is 1. The second-order valence-corrected chi connectivity index (χ2v) is 4.13. The summed E-state index contributed by atoms with van der Waals surface area (Å²) in [6.45, 7) is 0.554. The Balaban J connectivity index is 2.15. The Kier molecular flexibility index (Phi) is 3.94. The molecule has 0 unspecified atom stereocenters. The van der Waals surface area contributed by atoms with Crippen LogP contribution in [0.1, 0.15) is 18.4 Å². The number of carboxylic acids is 1. The van der Waals surface area contributed by atoms with E-state index in [2.05, 4.69) is 16.4 Å². The third kappa shape index (κ3) is 3.19. The van der Waals surface area contributed by atoms with Crippen LogP contribution in [0.4, 0.5) is 5.82 Å². The molecule has 0 saturated heterocycles. The minimum Gasteiger partial charge on any atom is -0.481 e. The van der Waals surface area contributed by atoms with Crippen molar-refractivity contribution >= 4 is 22.6 Å². The van der Waals surface area contributed by atoms with E-state index in [1.807, 2.05) is 12.1 Å². The molecule has 0 aliphatic carbocycles. The number of carboxylic acid groups (broad SMARTS) is 1. The Morgan fingerprint density at radius 2 is 2.26 bits per heavy atom. The summed E-state index contributed by atoms with van der Waals surface area (Å²) in [4.78, 5) is 14.7. The third-order valence-electron chi connectivity index (χ3n) is 2.75. The molecule has 1 aromatic heterocycles. The number of aliphatic carboxylic acids is 1. The van der Waals surface area contributed by atoms with Gasteiger partial charge in [-0.3, -0.25) is 4.79 Å². The van der Waals surface area contributed by atoms with Crippen LogP contribution >= 0.6 is 0 Å². The van der Waals surface area contributed by atoms with E-state index in [4.69, 9.17) is 10.4 Å². The van der Waals surface area contributed by atoms with Crippen molar-refractivity contribution in [1.82, 2.24) is 4.98 Å². The lowest BCUT2D eigenvalue weighted by Crippen LogP contribution is -2.06. The number of carbonyl (C=O) groups is 1. The quantitative estimate of drug-likeness (QED) is 0.801. The largest absolute Gasteiger partial charge is 0.481 e. The van der Waals surface area contributed by atoms with Gasteiger partial charge in [0.15, 0.2) is 0 Å². The van der Waals surface area contributed by atoms with Crippen LogP contribution in [0.15, 0.2) is 30.5 Å². The summed E-state index contributed by atoms with van der Waals surface area (Å²) in [5, 5.41) is 22.4. The molecule has 0 amide bonds. The first kappa shape index (κ1) is 12.8. The van der Waals surface area contributed by atoms with Gasteiger partial charge in [-0.25, -0.2) is 4.98 Å². The Labute approximate surface area is 110 Å². The van der Waals surface area contributed by atoms with E-state index in [9.17, 15) is 4.79 Å². The van der Waals surface area contributed by atoms with Crippen molar-refractivity contribution in [2.45, 2.75) is 12.8 Å². The Morgan fingerprint density at radius 1 is 1.42 bits per heavy atom. The van der Waals surface area contributed by atoms with Gasteiger partial charge in [0.05, 0.1) is 11.6 Å². The van der Waals surface area contributed by atoms with Crippen LogP contribution in [-0.4, -0.2) is 22.6 Å². The maximum absolute atomic E-state index is 10.4. The lowest BCUT2D eigenvalue weighted by Gasteiger charge is -2.08. The molecule has 96 valence electrons. The first-order chi connectivity index (χ1) is 9.20. The average Bonchev–Trinajstić information content (AvgIpc) is 2.42. The lowest BCUT2D eigenvalue weighted by atomic mass is 10.1. The van der Waals surface area contributed by atoms with Crippen LogP contribution in [0.25, 0.3) is 10.8 Å². The molecule has 5 nitrogen and oxygen atoms in total. The van der Waals surface area contributed by atoms with Crippen molar-refractivity contribution in [2.24, 2.45) is 0 Å². The summed E-state index contributed by atoms with van der Waals surface area (Å²) in [5.74, 6) is -0.0845. The van der Waals surface area contributed by atoms with Gasteiger partial charge in [0, 0.05) is 24.5 Å². The molecule has 0 saturated carbocycles.